The number of hydrogen-bond donors (Lipinski definition) is 0. The summed E-state index contributed by atoms with van der Waals surface area (Å²) in [6.45, 7) is 7.52. The van der Waals surface area contributed by atoms with E-state index < -0.39 is 0 Å². The predicted octanol–water partition coefficient (Wildman–Crippen LogP) is 3.27. The van der Waals surface area contributed by atoms with E-state index in [0.717, 1.165) is 54.4 Å². The standard InChI is InChI=1S/C20H20ClN7/c1-13-11-19(28-20(23-13)24-14(2)25-28)27-9-7-26(8-10-27)18-5-6-22-17-12-15(21)3-4-16(17)18/h3-6,11-12H,7-10H2,1-2H3. The van der Waals surface area contributed by atoms with Crippen molar-refractivity contribution in [2.24, 2.45) is 0 Å². The summed E-state index contributed by atoms with van der Waals surface area (Å²) in [7, 11) is 0. The van der Waals surface area contributed by atoms with Gasteiger partial charge in [0.15, 0.2) is 0 Å². The van der Waals surface area contributed by atoms with Gasteiger partial charge in [-0.15, -0.1) is 5.10 Å². The van der Waals surface area contributed by atoms with E-state index in [0.29, 0.717) is 10.8 Å². The Morgan fingerprint density at radius 2 is 1.71 bits per heavy atom. The Balaban J connectivity index is 1.43. The lowest BCUT2D eigenvalue weighted by molar-refractivity contribution is 0.639. The average Bonchev–Trinajstić information content (AvgIpc) is 3.06. The van der Waals surface area contributed by atoms with Gasteiger partial charge in [-0.05, 0) is 38.1 Å². The minimum absolute atomic E-state index is 0.659. The summed E-state index contributed by atoms with van der Waals surface area (Å²) in [5.41, 5.74) is 3.08. The van der Waals surface area contributed by atoms with Crippen LogP contribution < -0.4 is 9.80 Å². The molecule has 1 saturated heterocycles. The summed E-state index contributed by atoms with van der Waals surface area (Å²) in [5, 5.41) is 6.37. The molecule has 0 amide bonds. The molecule has 1 aliphatic heterocycles. The lowest BCUT2D eigenvalue weighted by Gasteiger charge is -2.37. The van der Waals surface area contributed by atoms with Gasteiger partial charge in [0, 0.05) is 60.2 Å². The van der Waals surface area contributed by atoms with E-state index in [1.165, 1.54) is 5.69 Å². The number of pyridine rings is 1. The molecule has 0 atom stereocenters. The number of hydrogen-bond acceptors (Lipinski definition) is 6. The van der Waals surface area contributed by atoms with Crippen molar-refractivity contribution in [3.63, 3.8) is 0 Å². The van der Waals surface area contributed by atoms with Gasteiger partial charge in [-0.3, -0.25) is 4.98 Å². The van der Waals surface area contributed by atoms with Gasteiger partial charge in [0.05, 0.1) is 5.52 Å². The molecule has 0 N–H and O–H groups in total. The van der Waals surface area contributed by atoms with Crippen molar-refractivity contribution >= 4 is 39.8 Å². The van der Waals surface area contributed by atoms with Crippen molar-refractivity contribution in [2.45, 2.75) is 13.8 Å². The highest BCUT2D eigenvalue weighted by atomic mass is 35.5. The molecule has 28 heavy (non-hydrogen) atoms. The van der Waals surface area contributed by atoms with Gasteiger partial charge in [0.2, 0.25) is 0 Å². The molecule has 8 heteroatoms. The van der Waals surface area contributed by atoms with Crippen molar-refractivity contribution in [1.82, 2.24) is 24.6 Å². The van der Waals surface area contributed by atoms with Gasteiger partial charge in [-0.1, -0.05) is 11.6 Å². The predicted molar refractivity (Wildman–Crippen MR) is 111 cm³/mol. The van der Waals surface area contributed by atoms with Crippen LogP contribution >= 0.6 is 11.6 Å². The fourth-order valence-corrected chi connectivity index (χ4v) is 4.02. The lowest BCUT2D eigenvalue weighted by Crippen LogP contribution is -2.47. The maximum absolute atomic E-state index is 6.13. The number of rotatable bonds is 2. The monoisotopic (exact) mass is 393 g/mol. The molecule has 0 spiro atoms. The largest absolute Gasteiger partial charge is 0.367 e. The van der Waals surface area contributed by atoms with Crippen LogP contribution in [0.4, 0.5) is 11.5 Å². The zero-order valence-electron chi connectivity index (χ0n) is 15.8. The summed E-state index contributed by atoms with van der Waals surface area (Å²) >= 11 is 6.13. The van der Waals surface area contributed by atoms with Crippen LogP contribution in [0.5, 0.6) is 0 Å². The van der Waals surface area contributed by atoms with Crippen LogP contribution in [0.25, 0.3) is 16.7 Å². The Hall–Kier alpha value is -2.93. The molecule has 142 valence electrons. The van der Waals surface area contributed by atoms with Crippen LogP contribution in [0.3, 0.4) is 0 Å². The number of piperazine rings is 1. The fourth-order valence-electron chi connectivity index (χ4n) is 3.85. The Bertz CT molecular complexity index is 1180. The van der Waals surface area contributed by atoms with Crippen molar-refractivity contribution in [2.75, 3.05) is 36.0 Å². The number of nitrogens with zero attached hydrogens (tertiary/aromatic N) is 7. The van der Waals surface area contributed by atoms with E-state index in [9.17, 15) is 0 Å². The SMILES string of the molecule is Cc1cc(N2CCN(c3ccnc4cc(Cl)ccc34)CC2)n2nc(C)nc2n1. The quantitative estimate of drug-likeness (QED) is 0.521. The van der Waals surface area contributed by atoms with Crippen molar-refractivity contribution in [3.8, 4) is 0 Å². The van der Waals surface area contributed by atoms with E-state index in [1.807, 2.05) is 36.7 Å². The summed E-state index contributed by atoms with van der Waals surface area (Å²) in [6.07, 6.45) is 1.86. The van der Waals surface area contributed by atoms with Crippen molar-refractivity contribution in [1.29, 1.82) is 0 Å². The van der Waals surface area contributed by atoms with Gasteiger partial charge in [-0.2, -0.15) is 9.50 Å². The molecule has 5 rings (SSSR count). The molecular weight excluding hydrogens is 374 g/mol. The maximum atomic E-state index is 6.13. The first-order valence-corrected chi connectivity index (χ1v) is 9.71. The second-order valence-electron chi connectivity index (χ2n) is 7.09. The molecule has 0 radical (unpaired) electrons. The minimum atomic E-state index is 0.659. The van der Waals surface area contributed by atoms with Gasteiger partial charge in [0.25, 0.3) is 5.78 Å². The fraction of sp³-hybridized carbons (Fsp3) is 0.300. The Morgan fingerprint density at radius 3 is 2.54 bits per heavy atom. The number of halogens is 1. The minimum Gasteiger partial charge on any atom is -0.367 e. The van der Waals surface area contributed by atoms with E-state index in [-0.39, 0.29) is 0 Å². The second kappa shape index (κ2) is 6.60. The third kappa shape index (κ3) is 2.92. The third-order valence-electron chi connectivity index (χ3n) is 5.15. The van der Waals surface area contributed by atoms with Gasteiger partial charge < -0.3 is 9.80 Å². The lowest BCUT2D eigenvalue weighted by atomic mass is 10.1. The third-order valence-corrected chi connectivity index (χ3v) is 5.39. The molecule has 0 bridgehead atoms. The Morgan fingerprint density at radius 1 is 0.929 bits per heavy atom. The van der Waals surface area contributed by atoms with Gasteiger partial charge >= 0.3 is 0 Å². The van der Waals surface area contributed by atoms with Crippen LogP contribution in [0.2, 0.25) is 5.02 Å². The molecular formula is C20H20ClN7. The van der Waals surface area contributed by atoms with E-state index in [4.69, 9.17) is 11.6 Å². The average molecular weight is 394 g/mol. The molecule has 7 nitrogen and oxygen atoms in total. The Kier molecular flexibility index (Phi) is 4.05. The Labute approximate surface area is 167 Å². The molecule has 0 aliphatic carbocycles. The highest BCUT2D eigenvalue weighted by Gasteiger charge is 2.22. The summed E-state index contributed by atoms with van der Waals surface area (Å²) in [4.78, 5) is 18.1. The molecule has 4 aromatic rings. The molecule has 1 fully saturated rings. The van der Waals surface area contributed by atoms with Crippen LogP contribution in [-0.2, 0) is 0 Å². The second-order valence-corrected chi connectivity index (χ2v) is 7.53. The maximum Gasteiger partial charge on any atom is 0.254 e. The van der Waals surface area contributed by atoms with Crippen LogP contribution in [0.1, 0.15) is 11.5 Å². The number of aromatic nitrogens is 5. The van der Waals surface area contributed by atoms with Crippen LogP contribution in [0, 0.1) is 13.8 Å². The highest BCUT2D eigenvalue weighted by molar-refractivity contribution is 6.31. The summed E-state index contributed by atoms with van der Waals surface area (Å²) < 4.78 is 1.85. The molecule has 1 aliphatic rings. The smallest absolute Gasteiger partial charge is 0.254 e. The first-order chi connectivity index (χ1) is 13.6. The molecule has 4 heterocycles. The highest BCUT2D eigenvalue weighted by Crippen LogP contribution is 2.29. The van der Waals surface area contributed by atoms with Gasteiger partial charge in [0.1, 0.15) is 11.6 Å². The van der Waals surface area contributed by atoms with Crippen LogP contribution in [-0.4, -0.2) is 50.7 Å². The number of anilines is 2. The van der Waals surface area contributed by atoms with Gasteiger partial charge in [-0.25, -0.2) is 4.98 Å². The number of fused-ring (bicyclic) bond motifs is 2. The summed E-state index contributed by atoms with van der Waals surface area (Å²) in [5.74, 6) is 2.45. The van der Waals surface area contributed by atoms with Crippen molar-refractivity contribution < 1.29 is 0 Å². The first kappa shape index (κ1) is 17.2. The van der Waals surface area contributed by atoms with Crippen molar-refractivity contribution in [3.05, 3.63) is 53.1 Å². The first-order valence-electron chi connectivity index (χ1n) is 9.34. The normalized spacial score (nSPS) is 15.0. The molecule has 0 saturated carbocycles. The van der Waals surface area contributed by atoms with E-state index >= 15 is 0 Å². The molecule has 1 aromatic carbocycles. The zero-order chi connectivity index (χ0) is 19.3. The zero-order valence-corrected chi connectivity index (χ0v) is 16.6. The van der Waals surface area contributed by atoms with Crippen LogP contribution in [0.15, 0.2) is 36.5 Å². The van der Waals surface area contributed by atoms with E-state index in [2.05, 4.69) is 48.0 Å². The molecule has 3 aromatic heterocycles. The number of aryl methyl sites for hydroxylation is 2. The molecule has 0 unspecified atom stereocenters. The number of benzene rings is 1. The summed E-state index contributed by atoms with van der Waals surface area (Å²) in [6, 6.07) is 10.1. The van der Waals surface area contributed by atoms with E-state index in [1.54, 1.807) is 0 Å². The topological polar surface area (TPSA) is 62.5 Å².